The van der Waals surface area contributed by atoms with Crippen LogP contribution in [0.4, 0.5) is 0 Å². The molecule has 3 rings (SSSR count). The van der Waals surface area contributed by atoms with Crippen LogP contribution in [0.25, 0.3) is 0 Å². The van der Waals surface area contributed by atoms with Gasteiger partial charge in [0.2, 0.25) is 0 Å². The van der Waals surface area contributed by atoms with E-state index in [1.807, 2.05) is 0 Å². The number of nitrogens with zero attached hydrogens (tertiary/aromatic N) is 2. The molecule has 0 bridgehead atoms. The molecular formula is C15H22BrN3. The topological polar surface area (TPSA) is 32.5 Å². The molecule has 1 heterocycles. The lowest BCUT2D eigenvalue weighted by Gasteiger charge is -2.39. The van der Waals surface area contributed by atoms with Crippen LogP contribution in [-0.4, -0.2) is 48.6 Å². The SMILES string of the molecule is NCC(c1cccc(Br)c1)N1CCN(C2CC2)CC1. The van der Waals surface area contributed by atoms with Crippen molar-refractivity contribution in [3.8, 4) is 0 Å². The van der Waals surface area contributed by atoms with Crippen molar-refractivity contribution in [2.75, 3.05) is 32.7 Å². The molecule has 0 radical (unpaired) electrons. The summed E-state index contributed by atoms with van der Waals surface area (Å²) in [6.07, 6.45) is 2.82. The van der Waals surface area contributed by atoms with Crippen LogP contribution in [-0.2, 0) is 0 Å². The van der Waals surface area contributed by atoms with E-state index >= 15 is 0 Å². The summed E-state index contributed by atoms with van der Waals surface area (Å²) in [7, 11) is 0. The minimum absolute atomic E-state index is 0.360. The minimum Gasteiger partial charge on any atom is -0.329 e. The van der Waals surface area contributed by atoms with E-state index in [2.05, 4.69) is 50.0 Å². The van der Waals surface area contributed by atoms with Crippen molar-refractivity contribution >= 4 is 15.9 Å². The van der Waals surface area contributed by atoms with Crippen LogP contribution < -0.4 is 5.73 Å². The number of halogens is 1. The van der Waals surface area contributed by atoms with Crippen molar-refractivity contribution < 1.29 is 0 Å². The lowest BCUT2D eigenvalue weighted by Crippen LogP contribution is -2.49. The van der Waals surface area contributed by atoms with Gasteiger partial charge in [-0.3, -0.25) is 9.80 Å². The third-order valence-electron chi connectivity index (χ3n) is 4.31. The fourth-order valence-electron chi connectivity index (χ4n) is 3.06. The molecule has 1 saturated carbocycles. The van der Waals surface area contributed by atoms with Gasteiger partial charge in [-0.2, -0.15) is 0 Å². The smallest absolute Gasteiger partial charge is 0.0471 e. The molecule has 1 aliphatic carbocycles. The zero-order chi connectivity index (χ0) is 13.2. The lowest BCUT2D eigenvalue weighted by molar-refractivity contribution is 0.0938. The van der Waals surface area contributed by atoms with Gasteiger partial charge in [-0.25, -0.2) is 0 Å². The Kier molecular flexibility index (Phi) is 4.22. The molecule has 1 saturated heterocycles. The molecule has 0 aromatic heterocycles. The number of hydrogen-bond donors (Lipinski definition) is 1. The van der Waals surface area contributed by atoms with Gasteiger partial charge in [0.15, 0.2) is 0 Å². The third kappa shape index (κ3) is 3.19. The zero-order valence-corrected chi connectivity index (χ0v) is 12.8. The average molecular weight is 324 g/mol. The van der Waals surface area contributed by atoms with Gasteiger partial charge in [0.25, 0.3) is 0 Å². The van der Waals surface area contributed by atoms with Crippen molar-refractivity contribution in [1.29, 1.82) is 0 Å². The standard InChI is InChI=1S/C15H22BrN3/c16-13-3-1-2-12(10-13)15(11-17)19-8-6-18(7-9-19)14-4-5-14/h1-3,10,14-15H,4-9,11,17H2. The van der Waals surface area contributed by atoms with Crippen molar-refractivity contribution in [3.05, 3.63) is 34.3 Å². The number of benzene rings is 1. The Morgan fingerprint density at radius 2 is 1.95 bits per heavy atom. The Balaban J connectivity index is 1.65. The fourth-order valence-corrected chi connectivity index (χ4v) is 3.48. The van der Waals surface area contributed by atoms with E-state index in [9.17, 15) is 0 Å². The maximum atomic E-state index is 6.02. The first-order valence-corrected chi connectivity index (χ1v) is 8.01. The van der Waals surface area contributed by atoms with Crippen LogP contribution in [0.1, 0.15) is 24.4 Å². The molecule has 104 valence electrons. The van der Waals surface area contributed by atoms with Crippen LogP contribution >= 0.6 is 15.9 Å². The van der Waals surface area contributed by atoms with E-state index in [4.69, 9.17) is 5.73 Å². The second-order valence-corrected chi connectivity index (χ2v) is 6.53. The molecule has 0 spiro atoms. The molecule has 1 aromatic rings. The molecule has 1 aromatic carbocycles. The molecule has 3 nitrogen and oxygen atoms in total. The van der Waals surface area contributed by atoms with E-state index in [-0.39, 0.29) is 0 Å². The predicted octanol–water partition coefficient (Wildman–Crippen LogP) is 2.23. The quantitative estimate of drug-likeness (QED) is 0.922. The van der Waals surface area contributed by atoms with Crippen molar-refractivity contribution in [2.24, 2.45) is 5.73 Å². The molecule has 1 atom stereocenters. The lowest BCUT2D eigenvalue weighted by atomic mass is 10.0. The Hall–Kier alpha value is -0.420. The maximum Gasteiger partial charge on any atom is 0.0471 e. The van der Waals surface area contributed by atoms with Crippen molar-refractivity contribution in [2.45, 2.75) is 24.9 Å². The summed E-state index contributed by atoms with van der Waals surface area (Å²) in [5, 5.41) is 0. The van der Waals surface area contributed by atoms with E-state index in [1.54, 1.807) is 0 Å². The van der Waals surface area contributed by atoms with Crippen LogP contribution in [0.5, 0.6) is 0 Å². The number of piperazine rings is 1. The summed E-state index contributed by atoms with van der Waals surface area (Å²) >= 11 is 3.55. The molecule has 4 heteroatoms. The number of nitrogens with two attached hydrogens (primary N) is 1. The van der Waals surface area contributed by atoms with Gasteiger partial charge in [-0.1, -0.05) is 28.1 Å². The highest BCUT2D eigenvalue weighted by Gasteiger charge is 2.32. The molecule has 19 heavy (non-hydrogen) atoms. The van der Waals surface area contributed by atoms with Gasteiger partial charge < -0.3 is 5.73 Å². The van der Waals surface area contributed by atoms with Gasteiger partial charge in [-0.05, 0) is 30.5 Å². The highest BCUT2D eigenvalue weighted by Crippen LogP contribution is 2.29. The maximum absolute atomic E-state index is 6.02. The van der Waals surface area contributed by atoms with E-state index in [1.165, 1.54) is 31.5 Å². The summed E-state index contributed by atoms with van der Waals surface area (Å²) in [6, 6.07) is 9.81. The van der Waals surface area contributed by atoms with E-state index in [0.717, 1.165) is 23.6 Å². The van der Waals surface area contributed by atoms with E-state index < -0.39 is 0 Å². The van der Waals surface area contributed by atoms with Gasteiger partial charge in [-0.15, -0.1) is 0 Å². The molecule has 2 aliphatic rings. The summed E-state index contributed by atoms with van der Waals surface area (Å²) in [5.41, 5.74) is 7.35. The highest BCUT2D eigenvalue weighted by atomic mass is 79.9. The first kappa shape index (κ1) is 13.6. The number of rotatable bonds is 4. The van der Waals surface area contributed by atoms with Crippen LogP contribution in [0.2, 0.25) is 0 Å². The van der Waals surface area contributed by atoms with Gasteiger partial charge in [0.1, 0.15) is 0 Å². The summed E-state index contributed by atoms with van der Waals surface area (Å²) in [6.45, 7) is 5.39. The largest absolute Gasteiger partial charge is 0.329 e. The molecule has 2 N–H and O–H groups in total. The van der Waals surface area contributed by atoms with Crippen LogP contribution in [0, 0.1) is 0 Å². The first-order chi connectivity index (χ1) is 9.28. The van der Waals surface area contributed by atoms with Gasteiger partial charge >= 0.3 is 0 Å². The summed E-state index contributed by atoms with van der Waals surface area (Å²) in [5.74, 6) is 0. The van der Waals surface area contributed by atoms with Gasteiger partial charge in [0, 0.05) is 49.3 Å². The first-order valence-electron chi connectivity index (χ1n) is 7.21. The number of hydrogen-bond acceptors (Lipinski definition) is 3. The summed E-state index contributed by atoms with van der Waals surface area (Å²) in [4.78, 5) is 5.19. The van der Waals surface area contributed by atoms with E-state index in [0.29, 0.717) is 12.6 Å². The normalized spacial score (nSPS) is 23.5. The van der Waals surface area contributed by atoms with Crippen LogP contribution in [0.15, 0.2) is 28.7 Å². The fraction of sp³-hybridized carbons (Fsp3) is 0.600. The predicted molar refractivity (Wildman–Crippen MR) is 82.1 cm³/mol. The van der Waals surface area contributed by atoms with Crippen LogP contribution in [0.3, 0.4) is 0 Å². The van der Waals surface area contributed by atoms with Gasteiger partial charge in [0.05, 0.1) is 0 Å². The second kappa shape index (κ2) is 5.92. The van der Waals surface area contributed by atoms with Crippen molar-refractivity contribution in [3.63, 3.8) is 0 Å². The Labute approximate surface area is 123 Å². The summed E-state index contributed by atoms with van der Waals surface area (Å²) < 4.78 is 1.14. The Morgan fingerprint density at radius 3 is 2.53 bits per heavy atom. The molecular weight excluding hydrogens is 302 g/mol. The second-order valence-electron chi connectivity index (χ2n) is 5.61. The Bertz CT molecular complexity index is 425. The zero-order valence-electron chi connectivity index (χ0n) is 11.3. The average Bonchev–Trinajstić information content (AvgIpc) is 3.25. The third-order valence-corrected chi connectivity index (χ3v) is 4.80. The monoisotopic (exact) mass is 323 g/mol. The molecule has 1 aliphatic heterocycles. The Morgan fingerprint density at radius 1 is 1.21 bits per heavy atom. The molecule has 0 amide bonds. The highest BCUT2D eigenvalue weighted by molar-refractivity contribution is 9.10. The molecule has 1 unspecified atom stereocenters. The van der Waals surface area contributed by atoms with Crippen molar-refractivity contribution in [1.82, 2.24) is 9.80 Å². The molecule has 2 fully saturated rings. The minimum atomic E-state index is 0.360.